The Balaban J connectivity index is 1.59. The number of guanidine groups is 1. The van der Waals surface area contributed by atoms with E-state index in [-0.39, 0.29) is 0 Å². The lowest BCUT2D eigenvalue weighted by Gasteiger charge is -2.15. The van der Waals surface area contributed by atoms with Crippen molar-refractivity contribution >= 4 is 5.96 Å². The summed E-state index contributed by atoms with van der Waals surface area (Å²) in [6.45, 7) is 8.41. The number of hydrogen-bond donors (Lipinski definition) is 2. The van der Waals surface area contributed by atoms with Gasteiger partial charge in [0.1, 0.15) is 5.75 Å². The van der Waals surface area contributed by atoms with E-state index in [0.29, 0.717) is 13.1 Å². The van der Waals surface area contributed by atoms with Gasteiger partial charge in [-0.05, 0) is 51.2 Å². The Morgan fingerprint density at radius 1 is 1.22 bits per heavy atom. The quantitative estimate of drug-likeness (QED) is 0.582. The summed E-state index contributed by atoms with van der Waals surface area (Å²) < 4.78 is 7.98. The van der Waals surface area contributed by atoms with Crippen LogP contribution in [0.15, 0.2) is 23.2 Å². The summed E-state index contributed by atoms with van der Waals surface area (Å²) in [5, 5.41) is 11.3. The summed E-state index contributed by atoms with van der Waals surface area (Å²) in [4.78, 5) is 4.34. The predicted molar refractivity (Wildman–Crippen MR) is 109 cm³/mol. The normalized spacial score (nSPS) is 14.3. The van der Waals surface area contributed by atoms with E-state index in [1.807, 2.05) is 18.7 Å². The van der Waals surface area contributed by atoms with Crippen molar-refractivity contribution < 1.29 is 4.74 Å². The van der Waals surface area contributed by atoms with E-state index < -0.39 is 0 Å². The molecule has 2 aromatic rings. The molecular weight excluding hydrogens is 338 g/mol. The largest absolute Gasteiger partial charge is 0.493 e. The van der Waals surface area contributed by atoms with E-state index in [4.69, 9.17) is 4.74 Å². The smallest absolute Gasteiger partial charge is 0.191 e. The van der Waals surface area contributed by atoms with Crippen molar-refractivity contribution in [3.05, 3.63) is 46.3 Å². The fourth-order valence-corrected chi connectivity index (χ4v) is 3.08. The predicted octanol–water partition coefficient (Wildman–Crippen LogP) is 3.00. The average Bonchev–Trinajstić information content (AvgIpc) is 3.43. The fourth-order valence-electron chi connectivity index (χ4n) is 3.08. The van der Waals surface area contributed by atoms with Crippen molar-refractivity contribution in [2.45, 2.75) is 46.7 Å². The average molecular weight is 370 g/mol. The van der Waals surface area contributed by atoms with Gasteiger partial charge in [0.2, 0.25) is 0 Å². The van der Waals surface area contributed by atoms with Crippen molar-refractivity contribution in [2.75, 3.05) is 13.7 Å². The zero-order valence-corrected chi connectivity index (χ0v) is 17.1. The number of rotatable bonds is 7. The molecule has 1 aromatic carbocycles. The molecule has 0 radical (unpaired) electrons. The van der Waals surface area contributed by atoms with Crippen molar-refractivity contribution in [3.63, 3.8) is 0 Å². The molecule has 146 valence electrons. The van der Waals surface area contributed by atoms with Crippen molar-refractivity contribution in [1.82, 2.24) is 20.4 Å². The van der Waals surface area contributed by atoms with Crippen LogP contribution >= 0.6 is 0 Å². The number of benzene rings is 1. The molecule has 27 heavy (non-hydrogen) atoms. The third-order valence-corrected chi connectivity index (χ3v) is 5.16. The minimum absolute atomic E-state index is 0.672. The Morgan fingerprint density at radius 3 is 2.59 bits per heavy atom. The topological polar surface area (TPSA) is 63.5 Å². The number of nitrogens with one attached hydrogen (secondary N) is 2. The molecule has 0 bridgehead atoms. The molecule has 1 saturated carbocycles. The molecule has 6 nitrogen and oxygen atoms in total. The van der Waals surface area contributed by atoms with Gasteiger partial charge in [-0.15, -0.1) is 0 Å². The Morgan fingerprint density at radius 2 is 1.96 bits per heavy atom. The Labute approximate surface area is 162 Å². The second kappa shape index (κ2) is 8.46. The standard InChI is InChI=1S/C21H31N5O/c1-14-6-9-18(20(10-14)27-13-17-7-8-17)11-23-21(22-4)24-12-19-15(2)25-26(5)16(19)3/h6,9-10,17H,7-8,11-13H2,1-5H3,(H2,22,23,24). The molecule has 1 fully saturated rings. The third-order valence-electron chi connectivity index (χ3n) is 5.16. The number of hydrogen-bond acceptors (Lipinski definition) is 3. The lowest BCUT2D eigenvalue weighted by atomic mass is 10.1. The molecular formula is C21H31N5O. The lowest BCUT2D eigenvalue weighted by Crippen LogP contribution is -2.36. The summed E-state index contributed by atoms with van der Waals surface area (Å²) in [6, 6.07) is 6.38. The van der Waals surface area contributed by atoms with Gasteiger partial charge in [0.05, 0.1) is 12.3 Å². The van der Waals surface area contributed by atoms with Gasteiger partial charge in [0.15, 0.2) is 5.96 Å². The van der Waals surface area contributed by atoms with E-state index in [9.17, 15) is 0 Å². The molecule has 3 rings (SSSR count). The van der Waals surface area contributed by atoms with Gasteiger partial charge in [0, 0.05) is 44.0 Å². The van der Waals surface area contributed by atoms with Gasteiger partial charge < -0.3 is 15.4 Å². The second-order valence-electron chi connectivity index (χ2n) is 7.42. The molecule has 0 aliphatic heterocycles. The highest BCUT2D eigenvalue weighted by Gasteiger charge is 2.22. The molecule has 1 aromatic heterocycles. The van der Waals surface area contributed by atoms with Crippen LogP contribution in [-0.4, -0.2) is 29.4 Å². The Kier molecular flexibility index (Phi) is 6.04. The molecule has 0 saturated heterocycles. The molecule has 0 spiro atoms. The zero-order valence-electron chi connectivity index (χ0n) is 17.1. The summed E-state index contributed by atoms with van der Waals surface area (Å²) in [5.74, 6) is 2.49. The van der Waals surface area contributed by atoms with Crippen molar-refractivity contribution in [1.29, 1.82) is 0 Å². The summed E-state index contributed by atoms with van der Waals surface area (Å²) in [5.41, 5.74) is 5.80. The highest BCUT2D eigenvalue weighted by Crippen LogP contribution is 2.30. The first-order valence-corrected chi connectivity index (χ1v) is 9.64. The molecule has 0 atom stereocenters. The first kappa shape index (κ1) is 19.3. The first-order chi connectivity index (χ1) is 13.0. The summed E-state index contributed by atoms with van der Waals surface area (Å²) in [7, 11) is 3.76. The third kappa shape index (κ3) is 5.02. The maximum absolute atomic E-state index is 6.06. The fraction of sp³-hybridized carbons (Fsp3) is 0.524. The van der Waals surface area contributed by atoms with Gasteiger partial charge in [-0.2, -0.15) is 5.10 Å². The molecule has 0 unspecified atom stereocenters. The first-order valence-electron chi connectivity index (χ1n) is 9.64. The van der Waals surface area contributed by atoms with E-state index in [1.54, 1.807) is 7.05 Å². The number of aromatic nitrogens is 2. The highest BCUT2D eigenvalue weighted by molar-refractivity contribution is 5.79. The molecule has 1 heterocycles. The van der Waals surface area contributed by atoms with Crippen LogP contribution < -0.4 is 15.4 Å². The highest BCUT2D eigenvalue weighted by atomic mass is 16.5. The summed E-state index contributed by atoms with van der Waals surface area (Å²) >= 11 is 0. The maximum Gasteiger partial charge on any atom is 0.191 e. The van der Waals surface area contributed by atoms with Crippen molar-refractivity contribution in [2.24, 2.45) is 18.0 Å². The minimum atomic E-state index is 0.672. The Hall–Kier alpha value is -2.50. The monoisotopic (exact) mass is 369 g/mol. The SMILES string of the molecule is CN=C(NCc1ccc(C)cc1OCC1CC1)NCc1c(C)nn(C)c1C. The summed E-state index contributed by atoms with van der Waals surface area (Å²) in [6.07, 6.45) is 2.59. The number of aliphatic imine (C=N–C) groups is 1. The van der Waals surface area contributed by atoms with Gasteiger partial charge in [-0.25, -0.2) is 0 Å². The molecule has 1 aliphatic carbocycles. The van der Waals surface area contributed by atoms with Crippen molar-refractivity contribution in [3.8, 4) is 5.75 Å². The van der Waals surface area contributed by atoms with Gasteiger partial charge in [-0.3, -0.25) is 9.67 Å². The van der Waals surface area contributed by atoms with Crippen LogP contribution in [0.2, 0.25) is 0 Å². The molecule has 0 amide bonds. The molecule has 2 N–H and O–H groups in total. The minimum Gasteiger partial charge on any atom is -0.493 e. The maximum atomic E-state index is 6.06. The van der Waals surface area contributed by atoms with Crippen LogP contribution in [0, 0.1) is 26.7 Å². The van der Waals surface area contributed by atoms with E-state index >= 15 is 0 Å². The van der Waals surface area contributed by atoms with Crippen LogP contribution in [0.1, 0.15) is 40.9 Å². The van der Waals surface area contributed by atoms with Gasteiger partial charge in [-0.1, -0.05) is 12.1 Å². The number of ether oxygens (including phenoxy) is 1. The lowest BCUT2D eigenvalue weighted by molar-refractivity contribution is 0.296. The van der Waals surface area contributed by atoms with E-state index in [2.05, 4.69) is 52.8 Å². The Bertz CT molecular complexity index is 820. The van der Waals surface area contributed by atoms with Crippen LogP contribution in [0.4, 0.5) is 0 Å². The van der Waals surface area contributed by atoms with Crippen LogP contribution in [-0.2, 0) is 20.1 Å². The zero-order chi connectivity index (χ0) is 19.4. The van der Waals surface area contributed by atoms with E-state index in [0.717, 1.165) is 35.5 Å². The number of aryl methyl sites for hydroxylation is 3. The van der Waals surface area contributed by atoms with Gasteiger partial charge in [0.25, 0.3) is 0 Å². The van der Waals surface area contributed by atoms with Gasteiger partial charge >= 0.3 is 0 Å². The van der Waals surface area contributed by atoms with E-state index in [1.165, 1.54) is 29.7 Å². The number of nitrogens with zero attached hydrogens (tertiary/aromatic N) is 3. The second-order valence-corrected chi connectivity index (χ2v) is 7.42. The van der Waals surface area contributed by atoms with Crippen LogP contribution in [0.5, 0.6) is 5.75 Å². The molecule has 1 aliphatic rings. The molecule has 6 heteroatoms. The van der Waals surface area contributed by atoms with Crippen LogP contribution in [0.25, 0.3) is 0 Å². The van der Waals surface area contributed by atoms with Crippen LogP contribution in [0.3, 0.4) is 0 Å².